The van der Waals surface area contributed by atoms with Gasteiger partial charge in [-0.3, -0.25) is 4.79 Å². The number of fused-ring (bicyclic) bond motifs is 2. The van der Waals surface area contributed by atoms with Gasteiger partial charge in [0.1, 0.15) is 0 Å². The van der Waals surface area contributed by atoms with Crippen molar-refractivity contribution in [1.29, 1.82) is 0 Å². The van der Waals surface area contributed by atoms with Crippen molar-refractivity contribution in [3.63, 3.8) is 0 Å². The van der Waals surface area contributed by atoms with Crippen molar-refractivity contribution in [2.75, 3.05) is 0 Å². The minimum atomic E-state index is -0.811. The first-order chi connectivity index (χ1) is 9.28. The Morgan fingerprint density at radius 1 is 1.35 bits per heavy atom. The maximum atomic E-state index is 11.5. The molecule has 0 saturated heterocycles. The van der Waals surface area contributed by atoms with Gasteiger partial charge in [-0.1, -0.05) is 39.0 Å². The Balaban J connectivity index is 2.19. The lowest BCUT2D eigenvalue weighted by Crippen LogP contribution is -2.45. The fourth-order valence-electron chi connectivity index (χ4n) is 4.64. The van der Waals surface area contributed by atoms with Crippen molar-refractivity contribution < 1.29 is 9.90 Å². The summed E-state index contributed by atoms with van der Waals surface area (Å²) in [7, 11) is 0. The Morgan fingerprint density at radius 2 is 2.05 bits per heavy atom. The third kappa shape index (κ3) is 1.51. The Labute approximate surface area is 134 Å². The molecule has 3 rings (SSSR count). The van der Waals surface area contributed by atoms with E-state index in [4.69, 9.17) is 0 Å². The molecule has 2 bridgehead atoms. The highest BCUT2D eigenvalue weighted by atomic mass is 127. The molecule has 108 valence electrons. The first kappa shape index (κ1) is 14.5. The quantitative estimate of drug-likeness (QED) is 0.615. The molecule has 3 atom stereocenters. The molecule has 0 radical (unpaired) electrons. The molecule has 0 spiro atoms. The van der Waals surface area contributed by atoms with Crippen LogP contribution in [0.5, 0.6) is 0 Å². The van der Waals surface area contributed by atoms with Gasteiger partial charge < -0.3 is 5.11 Å². The van der Waals surface area contributed by atoms with Gasteiger partial charge in [-0.05, 0) is 58.7 Å². The number of hydrogen-bond donors (Lipinski definition) is 1. The fraction of sp³-hybridized carbons (Fsp3) is 0.588. The van der Waals surface area contributed by atoms with Crippen molar-refractivity contribution >= 4 is 28.9 Å². The van der Waals surface area contributed by atoms with E-state index >= 15 is 0 Å². The van der Waals surface area contributed by atoms with Crippen LogP contribution in [-0.2, 0) is 5.60 Å². The number of aldehydes is 1. The summed E-state index contributed by atoms with van der Waals surface area (Å²) in [5.74, 6) is 0.563. The maximum absolute atomic E-state index is 11.5. The summed E-state index contributed by atoms with van der Waals surface area (Å²) in [4.78, 5) is 11.2. The number of carbonyl (C=O) groups is 1. The zero-order valence-corrected chi connectivity index (χ0v) is 14.4. The van der Waals surface area contributed by atoms with Crippen molar-refractivity contribution in [2.45, 2.75) is 45.6 Å². The van der Waals surface area contributed by atoms with E-state index in [1.807, 2.05) is 18.2 Å². The van der Waals surface area contributed by atoms with Gasteiger partial charge in [0.25, 0.3) is 0 Å². The Kier molecular flexibility index (Phi) is 3.11. The molecular weight excluding hydrogens is 363 g/mol. The topological polar surface area (TPSA) is 37.3 Å². The van der Waals surface area contributed by atoms with Gasteiger partial charge in [0, 0.05) is 14.5 Å². The average molecular weight is 384 g/mol. The molecule has 20 heavy (non-hydrogen) atoms. The molecule has 2 nitrogen and oxygen atoms in total. The Bertz CT molecular complexity index is 580. The number of rotatable bonds is 2. The first-order valence-electron chi connectivity index (χ1n) is 7.24. The summed E-state index contributed by atoms with van der Waals surface area (Å²) in [6.45, 7) is 6.81. The molecule has 0 aromatic heterocycles. The number of hydrogen-bond acceptors (Lipinski definition) is 2. The molecule has 3 heteroatoms. The number of carbonyl (C=O) groups excluding carboxylic acids is 1. The van der Waals surface area contributed by atoms with E-state index in [9.17, 15) is 9.90 Å². The van der Waals surface area contributed by atoms with Crippen LogP contribution >= 0.6 is 22.6 Å². The van der Waals surface area contributed by atoms with Crippen LogP contribution in [0.2, 0.25) is 0 Å². The molecule has 1 aromatic rings. The van der Waals surface area contributed by atoms with E-state index in [0.717, 1.165) is 28.3 Å². The summed E-state index contributed by atoms with van der Waals surface area (Å²) in [5.41, 5.74) is 0.837. The molecule has 2 aliphatic carbocycles. The van der Waals surface area contributed by atoms with E-state index in [-0.39, 0.29) is 10.8 Å². The molecule has 1 N–H and O–H groups in total. The Morgan fingerprint density at radius 3 is 2.55 bits per heavy atom. The molecule has 0 heterocycles. The lowest BCUT2D eigenvalue weighted by molar-refractivity contribution is -0.0963. The Hall–Kier alpha value is -0.420. The molecule has 3 unspecified atom stereocenters. The number of benzene rings is 1. The van der Waals surface area contributed by atoms with Crippen LogP contribution in [-0.4, -0.2) is 11.4 Å². The fourth-order valence-corrected chi connectivity index (χ4v) is 5.58. The van der Waals surface area contributed by atoms with Gasteiger partial charge in [-0.25, -0.2) is 0 Å². The minimum absolute atomic E-state index is 0.119. The van der Waals surface area contributed by atoms with E-state index < -0.39 is 5.60 Å². The molecular formula is C17H21IO2. The van der Waals surface area contributed by atoms with E-state index in [0.29, 0.717) is 11.5 Å². The first-order valence-corrected chi connectivity index (χ1v) is 8.32. The third-order valence-electron chi connectivity index (χ3n) is 6.49. The molecule has 2 fully saturated rings. The van der Waals surface area contributed by atoms with E-state index in [2.05, 4.69) is 43.4 Å². The number of aliphatic hydroxyl groups is 1. The highest BCUT2D eigenvalue weighted by molar-refractivity contribution is 14.1. The van der Waals surface area contributed by atoms with Crippen LogP contribution in [0.3, 0.4) is 0 Å². The molecule has 0 amide bonds. The largest absolute Gasteiger partial charge is 0.385 e. The molecule has 0 aliphatic heterocycles. The SMILES string of the molecule is CC1(C)C2CCC1(C)C(O)(c1cccc(C=O)c1I)C2. The van der Waals surface area contributed by atoms with Crippen molar-refractivity contribution in [2.24, 2.45) is 16.7 Å². The normalized spacial score (nSPS) is 38.1. The second kappa shape index (κ2) is 4.29. The van der Waals surface area contributed by atoms with Crippen molar-refractivity contribution in [3.05, 3.63) is 32.9 Å². The van der Waals surface area contributed by atoms with Crippen LogP contribution in [0.4, 0.5) is 0 Å². The maximum Gasteiger partial charge on any atom is 0.151 e. The van der Waals surface area contributed by atoms with Crippen molar-refractivity contribution in [3.8, 4) is 0 Å². The van der Waals surface area contributed by atoms with E-state index in [1.54, 1.807) is 0 Å². The number of halogens is 1. The zero-order valence-electron chi connectivity index (χ0n) is 12.2. The van der Waals surface area contributed by atoms with Crippen LogP contribution in [0.25, 0.3) is 0 Å². The predicted octanol–water partition coefficient (Wildman–Crippen LogP) is 4.14. The summed E-state index contributed by atoms with van der Waals surface area (Å²) < 4.78 is 0.909. The standard InChI is InChI=1S/C17H21IO2/c1-15(2)12-7-8-16(15,3)17(20,9-12)13-6-4-5-11(10-19)14(13)18/h4-6,10,12,20H,7-9H2,1-3H3. The van der Waals surface area contributed by atoms with Gasteiger partial charge in [-0.15, -0.1) is 0 Å². The zero-order chi connectivity index (χ0) is 14.8. The smallest absolute Gasteiger partial charge is 0.151 e. The summed E-state index contributed by atoms with van der Waals surface area (Å²) >= 11 is 2.21. The summed E-state index contributed by atoms with van der Waals surface area (Å²) in [6, 6.07) is 5.71. The summed E-state index contributed by atoms with van der Waals surface area (Å²) in [5, 5.41) is 11.5. The van der Waals surface area contributed by atoms with Crippen LogP contribution in [0.15, 0.2) is 18.2 Å². The van der Waals surface area contributed by atoms with Crippen LogP contribution < -0.4 is 0 Å². The van der Waals surface area contributed by atoms with E-state index in [1.165, 1.54) is 6.42 Å². The third-order valence-corrected chi connectivity index (χ3v) is 7.70. The van der Waals surface area contributed by atoms with Gasteiger partial charge in [0.15, 0.2) is 6.29 Å². The highest BCUT2D eigenvalue weighted by Crippen LogP contribution is 2.72. The monoisotopic (exact) mass is 384 g/mol. The van der Waals surface area contributed by atoms with Gasteiger partial charge >= 0.3 is 0 Å². The molecule has 1 aromatic carbocycles. The predicted molar refractivity (Wildman–Crippen MR) is 87.7 cm³/mol. The lowest BCUT2D eigenvalue weighted by Gasteiger charge is -2.46. The van der Waals surface area contributed by atoms with Gasteiger partial charge in [0.05, 0.1) is 5.60 Å². The van der Waals surface area contributed by atoms with Crippen LogP contribution in [0.1, 0.15) is 56.0 Å². The van der Waals surface area contributed by atoms with Gasteiger partial charge in [-0.2, -0.15) is 0 Å². The minimum Gasteiger partial charge on any atom is -0.385 e. The van der Waals surface area contributed by atoms with Crippen LogP contribution in [0, 0.1) is 20.3 Å². The molecule has 2 saturated carbocycles. The average Bonchev–Trinajstić information content (AvgIpc) is 2.71. The summed E-state index contributed by atoms with van der Waals surface area (Å²) in [6.07, 6.45) is 3.96. The second-order valence-electron chi connectivity index (χ2n) is 7.18. The second-order valence-corrected chi connectivity index (χ2v) is 8.26. The lowest BCUT2D eigenvalue weighted by atomic mass is 9.62. The highest BCUT2D eigenvalue weighted by Gasteiger charge is 2.69. The van der Waals surface area contributed by atoms with Gasteiger partial charge in [0.2, 0.25) is 0 Å². The van der Waals surface area contributed by atoms with Crippen molar-refractivity contribution in [1.82, 2.24) is 0 Å². The molecule has 2 aliphatic rings.